The van der Waals surface area contributed by atoms with Crippen molar-refractivity contribution in [3.8, 4) is 0 Å². The van der Waals surface area contributed by atoms with Gasteiger partial charge in [0.1, 0.15) is 12.2 Å². The molecule has 6 aliphatic rings. The number of ether oxygens (including phenoxy) is 2. The standard InChI is InChI=1S/C31H44O5/c1-28(2)18-10-15-31(28,5)25(17-18)36-27(34)35-20-11-13-29(3)19(16-20)6-7-21-22-8-9-24(26(32)33)30(22,4)14-12-23(21)29/h11,13,16,18,20-25H,6-10,12,14-15,17H2,1-5H3,(H,32,33)/t18-,20?,21+,22+,23+,24?,25+,29+,30+,31+/m1/s1. The molecule has 5 fully saturated rings. The molecule has 6 aliphatic carbocycles. The van der Waals surface area contributed by atoms with Gasteiger partial charge in [-0.15, -0.1) is 0 Å². The molecule has 5 saturated carbocycles. The molecule has 198 valence electrons. The minimum absolute atomic E-state index is 0.0303. The summed E-state index contributed by atoms with van der Waals surface area (Å²) in [7, 11) is 0. The van der Waals surface area contributed by atoms with Crippen LogP contribution in [0.5, 0.6) is 0 Å². The minimum atomic E-state index is -0.603. The largest absolute Gasteiger partial charge is 0.509 e. The Hall–Kier alpha value is -1.78. The highest BCUT2D eigenvalue weighted by molar-refractivity contribution is 5.71. The van der Waals surface area contributed by atoms with Gasteiger partial charge in [0.05, 0.1) is 5.92 Å². The number of fused-ring (bicyclic) bond motifs is 7. The van der Waals surface area contributed by atoms with Gasteiger partial charge in [-0.1, -0.05) is 46.3 Å². The quantitative estimate of drug-likeness (QED) is 0.331. The molecule has 0 aromatic carbocycles. The summed E-state index contributed by atoms with van der Waals surface area (Å²) in [5.74, 6) is 1.43. The molecule has 5 nitrogen and oxygen atoms in total. The van der Waals surface area contributed by atoms with E-state index in [1.54, 1.807) is 0 Å². The molecule has 1 N–H and O–H groups in total. The summed E-state index contributed by atoms with van der Waals surface area (Å²) in [6, 6.07) is 0. The molecular formula is C31H44O5. The number of carboxylic acid groups (broad SMARTS) is 1. The molecule has 0 radical (unpaired) electrons. The second-order valence-electron chi connectivity index (χ2n) is 14.3. The third kappa shape index (κ3) is 3.19. The van der Waals surface area contributed by atoms with Crippen LogP contribution in [0, 0.1) is 51.2 Å². The fraction of sp³-hybridized carbons (Fsp3) is 0.806. The van der Waals surface area contributed by atoms with Gasteiger partial charge in [0, 0.05) is 10.8 Å². The Morgan fingerprint density at radius 2 is 1.72 bits per heavy atom. The number of allylic oxidation sites excluding steroid dienone is 2. The molecule has 5 heteroatoms. The number of aliphatic carboxylic acids is 1. The normalized spacial score (nSPS) is 50.0. The first-order valence-electron chi connectivity index (χ1n) is 14.4. The Morgan fingerprint density at radius 3 is 2.39 bits per heavy atom. The SMILES string of the molecule is CC1(C)[C@@H]2CC[C@@]1(C)[C@@H](OC(=O)OC1C=C[C@@]3(C)C(=C1)CC[C@@H]1[C@@H]3CC[C@]3(C)C(C(=O)O)CC[C@@H]13)C2. The predicted octanol–water partition coefficient (Wildman–Crippen LogP) is 7.16. The zero-order chi connectivity index (χ0) is 25.7. The summed E-state index contributed by atoms with van der Waals surface area (Å²) in [6.45, 7) is 11.5. The van der Waals surface area contributed by atoms with Crippen LogP contribution in [0.3, 0.4) is 0 Å². The van der Waals surface area contributed by atoms with Crippen LogP contribution in [0.4, 0.5) is 4.79 Å². The zero-order valence-corrected chi connectivity index (χ0v) is 22.7. The highest BCUT2D eigenvalue weighted by atomic mass is 16.7. The molecule has 0 heterocycles. The monoisotopic (exact) mass is 496 g/mol. The lowest BCUT2D eigenvalue weighted by Crippen LogP contribution is -2.50. The van der Waals surface area contributed by atoms with Gasteiger partial charge in [-0.2, -0.15) is 0 Å². The average Bonchev–Trinajstić information content (AvgIpc) is 3.34. The molecule has 0 amide bonds. The van der Waals surface area contributed by atoms with Gasteiger partial charge in [0.2, 0.25) is 0 Å². The van der Waals surface area contributed by atoms with Crippen molar-refractivity contribution in [1.29, 1.82) is 0 Å². The molecule has 0 aromatic heterocycles. The lowest BCUT2D eigenvalue weighted by molar-refractivity contribution is -0.148. The van der Waals surface area contributed by atoms with Crippen LogP contribution >= 0.6 is 0 Å². The van der Waals surface area contributed by atoms with E-state index >= 15 is 0 Å². The molecule has 0 aliphatic heterocycles. The molecule has 10 atom stereocenters. The van der Waals surface area contributed by atoms with E-state index in [0.717, 1.165) is 51.4 Å². The second kappa shape index (κ2) is 7.86. The van der Waals surface area contributed by atoms with Crippen LogP contribution < -0.4 is 0 Å². The van der Waals surface area contributed by atoms with E-state index < -0.39 is 12.1 Å². The summed E-state index contributed by atoms with van der Waals surface area (Å²) < 4.78 is 11.8. The smallest absolute Gasteiger partial charge is 0.481 e. The summed E-state index contributed by atoms with van der Waals surface area (Å²) in [6.07, 6.45) is 14.9. The van der Waals surface area contributed by atoms with E-state index in [9.17, 15) is 14.7 Å². The van der Waals surface area contributed by atoms with Gasteiger partial charge in [-0.3, -0.25) is 4.79 Å². The summed E-state index contributed by atoms with van der Waals surface area (Å²) in [4.78, 5) is 24.8. The highest BCUT2D eigenvalue weighted by Gasteiger charge is 2.63. The molecule has 0 aromatic rings. The maximum Gasteiger partial charge on any atom is 0.509 e. The Morgan fingerprint density at radius 1 is 0.944 bits per heavy atom. The van der Waals surface area contributed by atoms with E-state index in [0.29, 0.717) is 23.7 Å². The molecule has 2 unspecified atom stereocenters. The van der Waals surface area contributed by atoms with Gasteiger partial charge in [-0.25, -0.2) is 4.79 Å². The lowest BCUT2D eigenvalue weighted by atomic mass is 9.48. The van der Waals surface area contributed by atoms with Crippen LogP contribution in [0.2, 0.25) is 0 Å². The highest BCUT2D eigenvalue weighted by Crippen LogP contribution is 2.67. The van der Waals surface area contributed by atoms with Crippen molar-refractivity contribution in [3.05, 3.63) is 23.8 Å². The molecular weight excluding hydrogens is 452 g/mol. The number of rotatable bonds is 3. The van der Waals surface area contributed by atoms with E-state index in [1.165, 1.54) is 12.0 Å². The van der Waals surface area contributed by atoms with Crippen molar-refractivity contribution in [2.24, 2.45) is 51.2 Å². The van der Waals surface area contributed by atoms with Gasteiger partial charge >= 0.3 is 12.1 Å². The minimum Gasteiger partial charge on any atom is -0.481 e. The molecule has 36 heavy (non-hydrogen) atoms. The van der Waals surface area contributed by atoms with Crippen molar-refractivity contribution in [2.75, 3.05) is 0 Å². The van der Waals surface area contributed by atoms with Gasteiger partial charge in [0.15, 0.2) is 0 Å². The van der Waals surface area contributed by atoms with Gasteiger partial charge < -0.3 is 14.6 Å². The first-order chi connectivity index (χ1) is 16.9. The van der Waals surface area contributed by atoms with Gasteiger partial charge in [0.25, 0.3) is 0 Å². The van der Waals surface area contributed by atoms with E-state index in [-0.39, 0.29) is 39.8 Å². The zero-order valence-electron chi connectivity index (χ0n) is 22.7. The topological polar surface area (TPSA) is 72.8 Å². The maximum absolute atomic E-state index is 12.9. The van der Waals surface area contributed by atoms with Crippen molar-refractivity contribution in [2.45, 2.75) is 105 Å². The number of hydrogen-bond donors (Lipinski definition) is 1. The Bertz CT molecular complexity index is 1030. The van der Waals surface area contributed by atoms with Crippen molar-refractivity contribution < 1.29 is 24.2 Å². The average molecular weight is 497 g/mol. The van der Waals surface area contributed by atoms with Crippen molar-refractivity contribution in [3.63, 3.8) is 0 Å². The second-order valence-corrected chi connectivity index (χ2v) is 14.3. The Kier molecular flexibility index (Phi) is 5.36. The summed E-state index contributed by atoms with van der Waals surface area (Å²) in [5, 5.41) is 9.84. The maximum atomic E-state index is 12.9. The number of carboxylic acids is 1. The summed E-state index contributed by atoms with van der Waals surface area (Å²) in [5.41, 5.74) is 1.52. The van der Waals surface area contributed by atoms with Crippen molar-refractivity contribution in [1.82, 2.24) is 0 Å². The van der Waals surface area contributed by atoms with Crippen LogP contribution in [0.25, 0.3) is 0 Å². The Labute approximate surface area is 216 Å². The molecule has 0 spiro atoms. The van der Waals surface area contributed by atoms with Crippen LogP contribution in [0.15, 0.2) is 23.8 Å². The number of carbonyl (C=O) groups excluding carboxylic acids is 1. The summed E-state index contributed by atoms with van der Waals surface area (Å²) >= 11 is 0. The van der Waals surface area contributed by atoms with Crippen molar-refractivity contribution >= 4 is 12.1 Å². The molecule has 2 bridgehead atoms. The van der Waals surface area contributed by atoms with E-state index in [1.807, 2.05) is 0 Å². The predicted molar refractivity (Wildman–Crippen MR) is 137 cm³/mol. The van der Waals surface area contributed by atoms with Crippen LogP contribution in [-0.4, -0.2) is 29.4 Å². The molecule has 0 saturated heterocycles. The first-order valence-corrected chi connectivity index (χ1v) is 14.4. The number of hydrogen-bond acceptors (Lipinski definition) is 4. The third-order valence-corrected chi connectivity index (χ3v) is 13.1. The number of carbonyl (C=O) groups is 2. The van der Waals surface area contributed by atoms with E-state index in [4.69, 9.17) is 9.47 Å². The first kappa shape index (κ1) is 24.6. The fourth-order valence-electron chi connectivity index (χ4n) is 10.3. The Balaban J connectivity index is 1.13. The fourth-order valence-corrected chi connectivity index (χ4v) is 10.3. The third-order valence-electron chi connectivity index (χ3n) is 13.1. The van der Waals surface area contributed by atoms with Crippen LogP contribution in [-0.2, 0) is 14.3 Å². The van der Waals surface area contributed by atoms with Crippen LogP contribution in [0.1, 0.15) is 92.4 Å². The van der Waals surface area contributed by atoms with Gasteiger partial charge in [-0.05, 0) is 104 Å². The lowest BCUT2D eigenvalue weighted by Gasteiger charge is -2.57. The molecule has 6 rings (SSSR count). The van der Waals surface area contributed by atoms with E-state index in [2.05, 4.69) is 52.8 Å².